The molecule has 0 atom stereocenters. The minimum atomic E-state index is -2.79. The summed E-state index contributed by atoms with van der Waals surface area (Å²) in [6, 6.07) is 8.52. The van der Waals surface area contributed by atoms with Crippen molar-refractivity contribution in [3.8, 4) is 5.82 Å². The van der Waals surface area contributed by atoms with Crippen LogP contribution >= 0.6 is 0 Å². The number of morpholine rings is 1. The maximum atomic E-state index is 14.0. The van der Waals surface area contributed by atoms with E-state index >= 15 is 0 Å². The monoisotopic (exact) mass is 513 g/mol. The number of amides is 1. The van der Waals surface area contributed by atoms with Gasteiger partial charge >= 0.3 is 0 Å². The van der Waals surface area contributed by atoms with Gasteiger partial charge in [0.25, 0.3) is 12.3 Å². The number of nitrogens with zero attached hydrogens (tertiary/aromatic N) is 6. The van der Waals surface area contributed by atoms with Crippen molar-refractivity contribution in [3.63, 3.8) is 0 Å². The fraction of sp³-hybridized carbons (Fsp3) is 0.520. The van der Waals surface area contributed by atoms with Crippen LogP contribution in [-0.4, -0.2) is 86.5 Å². The van der Waals surface area contributed by atoms with E-state index in [1.807, 2.05) is 4.90 Å². The zero-order chi connectivity index (χ0) is 25.6. The summed E-state index contributed by atoms with van der Waals surface area (Å²) in [5.41, 5.74) is -0.262. The summed E-state index contributed by atoms with van der Waals surface area (Å²) in [5.74, 6) is 0.571. The predicted octanol–water partition coefficient (Wildman–Crippen LogP) is 2.52. The highest BCUT2D eigenvalue weighted by atomic mass is 19.3. The van der Waals surface area contributed by atoms with Crippen LogP contribution in [0, 0.1) is 0 Å². The van der Waals surface area contributed by atoms with Gasteiger partial charge in [-0.2, -0.15) is 9.97 Å². The van der Waals surface area contributed by atoms with Crippen molar-refractivity contribution in [2.24, 2.45) is 0 Å². The van der Waals surface area contributed by atoms with E-state index in [1.165, 1.54) is 4.57 Å². The Hall–Kier alpha value is -3.38. The van der Waals surface area contributed by atoms with E-state index in [9.17, 15) is 18.7 Å². The van der Waals surface area contributed by atoms with Gasteiger partial charge in [0.2, 0.25) is 5.95 Å². The van der Waals surface area contributed by atoms with E-state index in [0.717, 1.165) is 12.8 Å². The van der Waals surface area contributed by atoms with Crippen LogP contribution in [0.3, 0.4) is 0 Å². The lowest BCUT2D eigenvalue weighted by Crippen LogP contribution is -2.62. The topological polar surface area (TPSA) is 109 Å². The zero-order valence-corrected chi connectivity index (χ0v) is 20.3. The van der Waals surface area contributed by atoms with Crippen LogP contribution < -0.4 is 10.2 Å². The zero-order valence-electron chi connectivity index (χ0n) is 20.3. The molecule has 0 bridgehead atoms. The van der Waals surface area contributed by atoms with Gasteiger partial charge < -0.3 is 25.0 Å². The third-order valence-corrected chi connectivity index (χ3v) is 7.36. The van der Waals surface area contributed by atoms with Crippen LogP contribution in [0.2, 0.25) is 0 Å². The summed E-state index contributed by atoms with van der Waals surface area (Å²) in [6.45, 7) is 3.08. The number of hydrogen-bond donors (Lipinski definition) is 2. The van der Waals surface area contributed by atoms with E-state index in [4.69, 9.17) is 4.74 Å². The molecule has 12 heteroatoms. The molecule has 2 saturated heterocycles. The molecule has 3 aromatic rings. The number of benzene rings is 1. The third kappa shape index (κ3) is 4.48. The van der Waals surface area contributed by atoms with E-state index in [1.54, 1.807) is 35.2 Å². The van der Waals surface area contributed by atoms with Crippen LogP contribution in [0.25, 0.3) is 16.9 Å². The van der Waals surface area contributed by atoms with Gasteiger partial charge in [-0.15, -0.1) is 0 Å². The molecular formula is C25H29F2N7O3. The summed E-state index contributed by atoms with van der Waals surface area (Å²) < 4.78 is 34.9. The molecule has 4 heterocycles. The van der Waals surface area contributed by atoms with Crippen molar-refractivity contribution in [2.75, 3.05) is 49.6 Å². The molecule has 1 amide bonds. The Morgan fingerprint density at radius 2 is 1.84 bits per heavy atom. The molecule has 2 N–H and O–H groups in total. The largest absolute Gasteiger partial charge is 0.380 e. The maximum Gasteiger partial charge on any atom is 0.296 e. The molecule has 37 heavy (non-hydrogen) atoms. The highest BCUT2D eigenvalue weighted by Gasteiger charge is 2.45. The number of aromatic nitrogens is 4. The third-order valence-electron chi connectivity index (χ3n) is 7.36. The number of fused-ring (bicyclic) bond motifs is 1. The van der Waals surface area contributed by atoms with Gasteiger partial charge in [-0.05, 0) is 37.8 Å². The summed E-state index contributed by atoms with van der Waals surface area (Å²) in [4.78, 5) is 29.9. The Morgan fingerprint density at radius 3 is 2.57 bits per heavy atom. The predicted molar refractivity (Wildman–Crippen MR) is 132 cm³/mol. The molecular weight excluding hydrogens is 484 g/mol. The fourth-order valence-electron chi connectivity index (χ4n) is 5.36. The Labute approximate surface area is 212 Å². The van der Waals surface area contributed by atoms with Gasteiger partial charge in [-0.3, -0.25) is 9.36 Å². The lowest BCUT2D eigenvalue weighted by Gasteiger charge is -2.43. The lowest BCUT2D eigenvalue weighted by molar-refractivity contribution is -0.154. The first-order valence-electron chi connectivity index (χ1n) is 12.7. The molecule has 10 nitrogen and oxygen atoms in total. The van der Waals surface area contributed by atoms with E-state index < -0.39 is 12.0 Å². The Balaban J connectivity index is 1.30. The number of imidazole rings is 1. The standard InChI is InChI=1S/C25H29F2N7O3/c26-21(27)22-29-17-5-1-2-6-18(17)34(22)20-13-19(30-24(31-20)32-9-11-37-12-10-32)28-16-14-33(15-16)23(35)25(36)7-3-4-8-25/h1-2,5-6,13,16,21,36H,3-4,7-12,14-15H2,(H,28,30,31). The molecule has 1 saturated carbocycles. The first-order chi connectivity index (χ1) is 17.9. The van der Waals surface area contributed by atoms with Gasteiger partial charge in [0.05, 0.1) is 30.3 Å². The number of carbonyl (C=O) groups is 1. The Morgan fingerprint density at radius 1 is 1.11 bits per heavy atom. The first kappa shape index (κ1) is 24.0. The second-order valence-corrected chi connectivity index (χ2v) is 9.90. The molecule has 0 radical (unpaired) electrons. The number of rotatable bonds is 6. The van der Waals surface area contributed by atoms with Crippen LogP contribution in [-0.2, 0) is 9.53 Å². The maximum absolute atomic E-state index is 14.0. The number of carbonyl (C=O) groups excluding carboxylic acids is 1. The van der Waals surface area contributed by atoms with Crippen molar-refractivity contribution < 1.29 is 23.4 Å². The van der Waals surface area contributed by atoms with Gasteiger partial charge in [0, 0.05) is 32.2 Å². The summed E-state index contributed by atoms with van der Waals surface area (Å²) in [7, 11) is 0. The van der Waals surface area contributed by atoms with E-state index in [2.05, 4.69) is 20.3 Å². The number of para-hydroxylation sites is 2. The average Bonchev–Trinajstić information content (AvgIpc) is 3.51. The number of hydrogen-bond acceptors (Lipinski definition) is 8. The van der Waals surface area contributed by atoms with Crippen molar-refractivity contribution in [1.29, 1.82) is 0 Å². The molecule has 6 rings (SSSR count). The van der Waals surface area contributed by atoms with E-state index in [-0.39, 0.29) is 23.6 Å². The summed E-state index contributed by atoms with van der Waals surface area (Å²) >= 11 is 0. The molecule has 196 valence electrons. The van der Waals surface area contributed by atoms with Crippen molar-refractivity contribution in [2.45, 2.75) is 43.8 Å². The fourth-order valence-corrected chi connectivity index (χ4v) is 5.36. The average molecular weight is 514 g/mol. The van der Waals surface area contributed by atoms with E-state index in [0.29, 0.717) is 75.0 Å². The van der Waals surface area contributed by atoms with Crippen molar-refractivity contribution in [3.05, 3.63) is 36.2 Å². The highest BCUT2D eigenvalue weighted by molar-refractivity contribution is 5.86. The number of ether oxygens (including phenoxy) is 1. The normalized spacial score (nSPS) is 20.0. The SMILES string of the molecule is O=C(N1CC(Nc2cc(-n3c(C(F)F)nc4ccccc43)nc(N3CCOCC3)n2)C1)C1(O)CCCC1. The van der Waals surface area contributed by atoms with Crippen molar-refractivity contribution >= 4 is 28.7 Å². The first-order valence-corrected chi connectivity index (χ1v) is 12.7. The summed E-state index contributed by atoms with van der Waals surface area (Å²) in [5, 5.41) is 14.0. The number of alkyl halides is 2. The number of likely N-dealkylation sites (tertiary alicyclic amines) is 1. The molecule has 0 unspecified atom stereocenters. The van der Waals surface area contributed by atoms with Gasteiger partial charge in [0.1, 0.15) is 17.2 Å². The molecule has 3 aliphatic rings. The van der Waals surface area contributed by atoms with Crippen molar-refractivity contribution in [1.82, 2.24) is 24.4 Å². The molecule has 2 aliphatic heterocycles. The number of nitrogens with one attached hydrogen (secondary N) is 1. The highest BCUT2D eigenvalue weighted by Crippen LogP contribution is 2.33. The number of anilines is 2. The Kier molecular flexibility index (Phi) is 6.15. The van der Waals surface area contributed by atoms with Gasteiger partial charge in [0.15, 0.2) is 5.82 Å². The molecule has 3 fully saturated rings. The minimum absolute atomic E-state index is 0.0802. The van der Waals surface area contributed by atoms with Gasteiger partial charge in [-0.1, -0.05) is 12.1 Å². The smallest absolute Gasteiger partial charge is 0.296 e. The number of halogens is 2. The minimum Gasteiger partial charge on any atom is -0.380 e. The molecule has 0 spiro atoms. The summed E-state index contributed by atoms with van der Waals surface area (Å²) in [6.07, 6.45) is -0.0726. The van der Waals surface area contributed by atoms with Crippen LogP contribution in [0.15, 0.2) is 30.3 Å². The lowest BCUT2D eigenvalue weighted by atomic mass is 9.97. The molecule has 1 aromatic carbocycles. The Bertz CT molecular complexity index is 1300. The van der Waals surface area contributed by atoms with Crippen LogP contribution in [0.1, 0.15) is 37.9 Å². The van der Waals surface area contributed by atoms with Gasteiger partial charge in [-0.25, -0.2) is 13.8 Å². The molecule has 1 aliphatic carbocycles. The molecule has 2 aromatic heterocycles. The second kappa shape index (κ2) is 9.49. The number of aliphatic hydroxyl groups is 1. The van der Waals surface area contributed by atoms with Crippen LogP contribution in [0.5, 0.6) is 0 Å². The van der Waals surface area contributed by atoms with Crippen LogP contribution in [0.4, 0.5) is 20.5 Å². The second-order valence-electron chi connectivity index (χ2n) is 9.90. The quantitative estimate of drug-likeness (QED) is 0.518.